The van der Waals surface area contributed by atoms with Crippen LogP contribution in [0.15, 0.2) is 0 Å². The quantitative estimate of drug-likeness (QED) is 0.763. The van der Waals surface area contributed by atoms with Crippen LogP contribution in [0.25, 0.3) is 0 Å². The fraction of sp³-hybridized carbons (Fsp3) is 0.765. The molecule has 134 valence electrons. The third-order valence-electron chi connectivity index (χ3n) is 5.36. The highest BCUT2D eigenvalue weighted by molar-refractivity contribution is 5.94. The van der Waals surface area contributed by atoms with E-state index >= 15 is 0 Å². The van der Waals surface area contributed by atoms with Crippen LogP contribution in [0.1, 0.15) is 61.0 Å². The molecular formula is C17H28N4O3. The molecule has 0 aromatic carbocycles. The molecule has 24 heavy (non-hydrogen) atoms. The van der Waals surface area contributed by atoms with Crippen molar-refractivity contribution < 1.29 is 14.6 Å². The fourth-order valence-electron chi connectivity index (χ4n) is 3.86. The number of amides is 1. The molecule has 0 bridgehead atoms. The van der Waals surface area contributed by atoms with Crippen LogP contribution in [-0.4, -0.2) is 64.5 Å². The summed E-state index contributed by atoms with van der Waals surface area (Å²) in [6.07, 6.45) is 2.96. The van der Waals surface area contributed by atoms with E-state index in [4.69, 9.17) is 4.74 Å². The minimum absolute atomic E-state index is 0.0740. The Kier molecular flexibility index (Phi) is 4.94. The third kappa shape index (κ3) is 3.34. The first kappa shape index (κ1) is 17.4. The predicted molar refractivity (Wildman–Crippen MR) is 89.9 cm³/mol. The molecule has 0 aliphatic carbocycles. The molecule has 1 aromatic rings. The number of aliphatic hydroxyl groups excluding tert-OH is 1. The molecule has 3 N–H and O–H groups in total. The number of hydrogen-bond acceptors (Lipinski definition) is 5. The van der Waals surface area contributed by atoms with Crippen molar-refractivity contribution in [2.24, 2.45) is 0 Å². The molecule has 3 rings (SSSR count). The Bertz CT molecular complexity index is 593. The maximum atomic E-state index is 12.9. The zero-order chi connectivity index (χ0) is 17.3. The second-order valence-electron chi connectivity index (χ2n) is 7.27. The molecule has 7 nitrogen and oxygen atoms in total. The van der Waals surface area contributed by atoms with Gasteiger partial charge in [0.2, 0.25) is 0 Å². The normalized spacial score (nSPS) is 26.8. The highest BCUT2D eigenvalue weighted by Gasteiger charge is 2.37. The summed E-state index contributed by atoms with van der Waals surface area (Å²) in [7, 11) is 2.08. The highest BCUT2D eigenvalue weighted by Crippen LogP contribution is 2.31. The van der Waals surface area contributed by atoms with E-state index in [1.54, 1.807) is 0 Å². The molecule has 7 heteroatoms. The molecule has 1 saturated heterocycles. The standard InChI is InChI=1S/C17H28N4O3/c1-11-10-13-14(12(2)24-11)19-20-15(13)16(23)18-17(6-9-22)4-7-21(3)8-5-17/h11-12,22H,4-10H2,1-3H3,(H,18,23)(H,19,20)/t11-,12+/m1/s1. The van der Waals surface area contributed by atoms with Gasteiger partial charge < -0.3 is 20.1 Å². The van der Waals surface area contributed by atoms with E-state index in [2.05, 4.69) is 27.5 Å². The maximum absolute atomic E-state index is 12.9. The third-order valence-corrected chi connectivity index (χ3v) is 5.36. The van der Waals surface area contributed by atoms with Gasteiger partial charge in [0.1, 0.15) is 0 Å². The molecule has 2 aliphatic rings. The number of likely N-dealkylation sites (tertiary alicyclic amines) is 1. The number of aliphatic hydroxyl groups is 1. The predicted octanol–water partition coefficient (Wildman–Crippen LogP) is 1.01. The van der Waals surface area contributed by atoms with Crippen LogP contribution in [0.4, 0.5) is 0 Å². The average molecular weight is 336 g/mol. The van der Waals surface area contributed by atoms with Crippen LogP contribution in [-0.2, 0) is 11.2 Å². The van der Waals surface area contributed by atoms with Crippen molar-refractivity contribution in [1.82, 2.24) is 20.4 Å². The largest absolute Gasteiger partial charge is 0.396 e. The molecule has 2 atom stereocenters. The van der Waals surface area contributed by atoms with E-state index in [-0.39, 0.29) is 30.3 Å². The van der Waals surface area contributed by atoms with Crippen molar-refractivity contribution in [1.29, 1.82) is 0 Å². The topological polar surface area (TPSA) is 90.5 Å². The van der Waals surface area contributed by atoms with Gasteiger partial charge in [0.15, 0.2) is 5.69 Å². The number of ether oxygens (including phenoxy) is 1. The second-order valence-corrected chi connectivity index (χ2v) is 7.27. The first-order valence-corrected chi connectivity index (χ1v) is 8.78. The molecule has 2 aliphatic heterocycles. The van der Waals surface area contributed by atoms with Gasteiger partial charge in [0.05, 0.1) is 17.9 Å². The summed E-state index contributed by atoms with van der Waals surface area (Å²) in [5.74, 6) is -0.146. The van der Waals surface area contributed by atoms with E-state index < -0.39 is 0 Å². The fourth-order valence-corrected chi connectivity index (χ4v) is 3.86. The lowest BCUT2D eigenvalue weighted by Crippen LogP contribution is -2.55. The number of rotatable bonds is 4. The Labute approximate surface area is 142 Å². The Morgan fingerprint density at radius 2 is 2.17 bits per heavy atom. The number of hydrogen-bond donors (Lipinski definition) is 3. The van der Waals surface area contributed by atoms with Crippen molar-refractivity contribution in [3.8, 4) is 0 Å². The zero-order valence-corrected chi connectivity index (χ0v) is 14.8. The van der Waals surface area contributed by atoms with Crippen molar-refractivity contribution in [3.63, 3.8) is 0 Å². The summed E-state index contributed by atoms with van der Waals surface area (Å²) >= 11 is 0. The summed E-state index contributed by atoms with van der Waals surface area (Å²) < 4.78 is 5.78. The van der Waals surface area contributed by atoms with Crippen LogP contribution >= 0.6 is 0 Å². The average Bonchev–Trinajstić information content (AvgIpc) is 2.95. The number of fused-ring (bicyclic) bond motifs is 1. The molecule has 1 aromatic heterocycles. The zero-order valence-electron chi connectivity index (χ0n) is 14.8. The molecule has 0 unspecified atom stereocenters. The lowest BCUT2D eigenvalue weighted by atomic mass is 9.84. The molecule has 3 heterocycles. The van der Waals surface area contributed by atoms with Gasteiger partial charge in [-0.3, -0.25) is 9.89 Å². The van der Waals surface area contributed by atoms with Gasteiger partial charge in [0.25, 0.3) is 5.91 Å². The molecule has 1 amide bonds. The van der Waals surface area contributed by atoms with Crippen LogP contribution in [0, 0.1) is 0 Å². The van der Waals surface area contributed by atoms with Gasteiger partial charge in [0, 0.05) is 37.2 Å². The first-order chi connectivity index (χ1) is 11.4. The van der Waals surface area contributed by atoms with Crippen molar-refractivity contribution in [3.05, 3.63) is 17.0 Å². The summed E-state index contributed by atoms with van der Waals surface area (Å²) in [6.45, 7) is 5.89. The van der Waals surface area contributed by atoms with Gasteiger partial charge in [-0.05, 0) is 40.2 Å². The summed E-state index contributed by atoms with van der Waals surface area (Å²) in [6, 6.07) is 0. The van der Waals surface area contributed by atoms with E-state index in [1.165, 1.54) is 0 Å². The van der Waals surface area contributed by atoms with Crippen molar-refractivity contribution in [2.45, 2.75) is 57.3 Å². The second kappa shape index (κ2) is 6.82. The van der Waals surface area contributed by atoms with Crippen molar-refractivity contribution in [2.75, 3.05) is 26.7 Å². The lowest BCUT2D eigenvalue weighted by molar-refractivity contribution is -0.00698. The Balaban J connectivity index is 1.79. The van der Waals surface area contributed by atoms with Crippen LogP contribution in [0.3, 0.4) is 0 Å². The van der Waals surface area contributed by atoms with Gasteiger partial charge in [-0.15, -0.1) is 0 Å². The number of piperidine rings is 1. The number of nitrogens with one attached hydrogen (secondary N) is 2. The molecular weight excluding hydrogens is 308 g/mol. The van der Waals surface area contributed by atoms with Crippen LogP contribution < -0.4 is 5.32 Å². The van der Waals surface area contributed by atoms with Gasteiger partial charge >= 0.3 is 0 Å². The van der Waals surface area contributed by atoms with Gasteiger partial charge in [-0.1, -0.05) is 0 Å². The van der Waals surface area contributed by atoms with Crippen molar-refractivity contribution >= 4 is 5.91 Å². The summed E-state index contributed by atoms with van der Waals surface area (Å²) in [5.41, 5.74) is 2.00. The number of aromatic nitrogens is 2. The number of carbonyl (C=O) groups is 1. The minimum Gasteiger partial charge on any atom is -0.396 e. The van der Waals surface area contributed by atoms with E-state index in [0.717, 1.165) is 37.2 Å². The highest BCUT2D eigenvalue weighted by atomic mass is 16.5. The summed E-state index contributed by atoms with van der Waals surface area (Å²) in [5, 5.41) is 19.9. The summed E-state index contributed by atoms with van der Waals surface area (Å²) in [4.78, 5) is 15.1. The molecule has 0 radical (unpaired) electrons. The Morgan fingerprint density at radius 3 is 2.83 bits per heavy atom. The SMILES string of the molecule is C[C@@H]1Cc2c(C(=O)NC3(CCO)CCN(C)CC3)n[nH]c2[C@H](C)O1. The monoisotopic (exact) mass is 336 g/mol. The Hall–Kier alpha value is -1.44. The number of nitrogens with zero attached hydrogens (tertiary/aromatic N) is 2. The van der Waals surface area contributed by atoms with Crippen LogP contribution in [0.5, 0.6) is 0 Å². The molecule has 0 saturated carbocycles. The number of aromatic amines is 1. The molecule has 1 fully saturated rings. The van der Waals surface area contributed by atoms with E-state index in [0.29, 0.717) is 18.5 Å². The molecule has 0 spiro atoms. The smallest absolute Gasteiger partial charge is 0.272 e. The maximum Gasteiger partial charge on any atom is 0.272 e. The number of H-pyrrole nitrogens is 1. The number of carbonyl (C=O) groups excluding carboxylic acids is 1. The minimum atomic E-state index is -0.341. The Morgan fingerprint density at radius 1 is 1.46 bits per heavy atom. The van der Waals surface area contributed by atoms with E-state index in [1.807, 2.05) is 13.8 Å². The first-order valence-electron chi connectivity index (χ1n) is 8.78. The van der Waals surface area contributed by atoms with Gasteiger partial charge in [-0.25, -0.2) is 0 Å². The van der Waals surface area contributed by atoms with Crippen LogP contribution in [0.2, 0.25) is 0 Å². The van der Waals surface area contributed by atoms with E-state index in [9.17, 15) is 9.90 Å². The van der Waals surface area contributed by atoms with Gasteiger partial charge in [-0.2, -0.15) is 5.10 Å². The lowest BCUT2D eigenvalue weighted by Gasteiger charge is -2.41.